The molecule has 0 spiro atoms. The summed E-state index contributed by atoms with van der Waals surface area (Å²) in [6, 6.07) is -2.94. The van der Waals surface area contributed by atoms with Crippen molar-refractivity contribution >= 4 is 29.8 Å². The minimum atomic E-state index is -1.16. The summed E-state index contributed by atoms with van der Waals surface area (Å²) in [5.41, 5.74) is 3.17. The number of urea groups is 1. The molecule has 0 aromatic rings. The highest BCUT2D eigenvalue weighted by molar-refractivity contribution is 5.87. The first-order valence-corrected chi connectivity index (χ1v) is 14.9. The number of unbranched alkanes of at least 4 members (excludes halogenated alkanes) is 3. The number of esters is 3. The lowest BCUT2D eigenvalue weighted by Crippen LogP contribution is -2.53. The predicted octanol–water partition coefficient (Wildman–Crippen LogP) is 3.63. The van der Waals surface area contributed by atoms with Crippen LogP contribution in [0.1, 0.15) is 120 Å². The largest absolute Gasteiger partial charge is 0.460 e. The summed E-state index contributed by atoms with van der Waals surface area (Å²) < 4.78 is 16.2. The summed E-state index contributed by atoms with van der Waals surface area (Å²) in [6.45, 7) is 16.5. The molecule has 12 heteroatoms. The molecule has 0 saturated heterocycles. The van der Waals surface area contributed by atoms with Crippen LogP contribution in [0.25, 0.3) is 0 Å². The fourth-order valence-corrected chi connectivity index (χ4v) is 3.65. The van der Waals surface area contributed by atoms with E-state index in [0.717, 1.165) is 19.3 Å². The zero-order chi connectivity index (χ0) is 32.6. The number of carbonyl (C=O) groups excluding carboxylic acids is 5. The lowest BCUT2D eigenvalue weighted by atomic mass is 10.1. The minimum absolute atomic E-state index is 0.0345. The Labute approximate surface area is 251 Å². The van der Waals surface area contributed by atoms with Crippen molar-refractivity contribution in [3.8, 4) is 0 Å². The molecular weight excluding hydrogens is 544 g/mol. The van der Waals surface area contributed by atoms with Gasteiger partial charge in [-0.15, -0.1) is 0 Å². The number of rotatable bonds is 17. The molecule has 5 N–H and O–H groups in total. The smallest absolute Gasteiger partial charge is 0.329 e. The van der Waals surface area contributed by atoms with E-state index in [1.165, 1.54) is 0 Å². The fraction of sp³-hybridized carbons (Fsp3) is 0.833. The number of hydrogen-bond acceptors (Lipinski definition) is 9. The van der Waals surface area contributed by atoms with Gasteiger partial charge in [0.05, 0.1) is 0 Å². The Morgan fingerprint density at radius 3 is 1.60 bits per heavy atom. The van der Waals surface area contributed by atoms with Gasteiger partial charge < -0.3 is 35.9 Å². The monoisotopic (exact) mass is 600 g/mol. The number of ether oxygens (including phenoxy) is 3. The molecule has 0 fully saturated rings. The number of amides is 3. The van der Waals surface area contributed by atoms with Crippen molar-refractivity contribution in [2.24, 2.45) is 5.73 Å². The van der Waals surface area contributed by atoms with Gasteiger partial charge >= 0.3 is 23.9 Å². The van der Waals surface area contributed by atoms with Crippen molar-refractivity contribution in [1.29, 1.82) is 0 Å². The normalized spacial score (nSPS) is 13.4. The molecule has 0 saturated carbocycles. The maximum Gasteiger partial charge on any atom is 0.329 e. The second-order valence-electron chi connectivity index (χ2n) is 13.4. The number of hydrogen-bond donors (Lipinski definition) is 4. The highest BCUT2D eigenvalue weighted by Crippen LogP contribution is 2.15. The molecule has 0 aliphatic carbocycles. The summed E-state index contributed by atoms with van der Waals surface area (Å²) in [5, 5.41) is 8.01. The molecule has 2 unspecified atom stereocenters. The van der Waals surface area contributed by atoms with Gasteiger partial charge in [-0.05, 0) is 107 Å². The first-order chi connectivity index (χ1) is 19.2. The molecule has 0 heterocycles. The molecule has 244 valence electrons. The van der Waals surface area contributed by atoms with Crippen LogP contribution in [0.15, 0.2) is 0 Å². The SMILES string of the molecule is CC(C)(C)OC(=O)CCC(NC(=O)NC(CCCCNC(=O)CCCCCN)C(=O)OC(C)(C)C)C(=O)OC(C)(C)C. The minimum Gasteiger partial charge on any atom is -0.460 e. The van der Waals surface area contributed by atoms with Gasteiger partial charge in [0, 0.05) is 19.4 Å². The van der Waals surface area contributed by atoms with Crippen LogP contribution in [0.4, 0.5) is 4.79 Å². The van der Waals surface area contributed by atoms with Crippen LogP contribution in [0.3, 0.4) is 0 Å². The van der Waals surface area contributed by atoms with E-state index < -0.39 is 52.8 Å². The Balaban J connectivity index is 5.26. The summed E-state index contributed by atoms with van der Waals surface area (Å²) in [6.07, 6.45) is 4.20. The summed E-state index contributed by atoms with van der Waals surface area (Å²) in [5.74, 6) is -1.89. The van der Waals surface area contributed by atoms with Gasteiger partial charge in [0.25, 0.3) is 0 Å². The standard InChI is InChI=1S/C30H56N4O8/c1-28(2,3)40-24(36)18-17-22(26(38)42-30(7,8)9)34-27(39)33-21(25(37)41-29(4,5)6)15-12-14-20-32-23(35)16-11-10-13-19-31/h21-22H,10-20,31H2,1-9H3,(H,32,35)(H2,33,34,39). The van der Waals surface area contributed by atoms with E-state index in [-0.39, 0.29) is 25.2 Å². The Morgan fingerprint density at radius 1 is 0.619 bits per heavy atom. The molecule has 3 amide bonds. The Bertz CT molecular complexity index is 872. The topological polar surface area (TPSA) is 175 Å². The third-order valence-corrected chi connectivity index (χ3v) is 5.40. The first-order valence-electron chi connectivity index (χ1n) is 14.9. The maximum atomic E-state index is 13.0. The highest BCUT2D eigenvalue weighted by atomic mass is 16.6. The molecule has 2 atom stereocenters. The number of nitrogens with one attached hydrogen (secondary N) is 3. The molecule has 0 aromatic carbocycles. The molecule has 0 radical (unpaired) electrons. The Kier molecular flexibility index (Phi) is 17.3. The molecule has 0 aliphatic rings. The van der Waals surface area contributed by atoms with Gasteiger partial charge in [-0.3, -0.25) is 9.59 Å². The van der Waals surface area contributed by atoms with Crippen molar-refractivity contribution in [1.82, 2.24) is 16.0 Å². The van der Waals surface area contributed by atoms with Crippen LogP contribution in [-0.4, -0.2) is 71.8 Å². The summed E-state index contributed by atoms with van der Waals surface area (Å²) in [4.78, 5) is 63.0. The lowest BCUT2D eigenvalue weighted by Gasteiger charge is -2.27. The maximum absolute atomic E-state index is 13.0. The van der Waals surface area contributed by atoms with Crippen LogP contribution in [-0.2, 0) is 33.4 Å². The van der Waals surface area contributed by atoms with Crippen molar-refractivity contribution in [2.45, 2.75) is 149 Å². The third kappa shape index (κ3) is 21.8. The van der Waals surface area contributed by atoms with Crippen molar-refractivity contribution in [2.75, 3.05) is 13.1 Å². The zero-order valence-electron chi connectivity index (χ0n) is 27.3. The zero-order valence-corrected chi connectivity index (χ0v) is 27.3. The average molecular weight is 601 g/mol. The molecule has 0 aromatic heterocycles. The van der Waals surface area contributed by atoms with Crippen molar-refractivity contribution < 1.29 is 38.2 Å². The molecule has 0 rings (SSSR count). The number of nitrogens with two attached hydrogens (primary N) is 1. The van der Waals surface area contributed by atoms with E-state index in [9.17, 15) is 24.0 Å². The fourth-order valence-electron chi connectivity index (χ4n) is 3.65. The van der Waals surface area contributed by atoms with E-state index in [1.807, 2.05) is 0 Å². The van der Waals surface area contributed by atoms with Gasteiger partial charge in [0.1, 0.15) is 28.9 Å². The van der Waals surface area contributed by atoms with Crippen LogP contribution >= 0.6 is 0 Å². The molecule has 12 nitrogen and oxygen atoms in total. The van der Waals surface area contributed by atoms with E-state index in [4.69, 9.17) is 19.9 Å². The molecule has 0 bridgehead atoms. The highest BCUT2D eigenvalue weighted by Gasteiger charge is 2.31. The Morgan fingerprint density at radius 2 is 1.12 bits per heavy atom. The first kappa shape index (κ1) is 39.1. The Hall–Kier alpha value is -2.89. The predicted molar refractivity (Wildman–Crippen MR) is 160 cm³/mol. The quantitative estimate of drug-likeness (QED) is 0.110. The van der Waals surface area contributed by atoms with Gasteiger partial charge in [0.2, 0.25) is 5.91 Å². The summed E-state index contributed by atoms with van der Waals surface area (Å²) in [7, 11) is 0. The molecular formula is C30H56N4O8. The van der Waals surface area contributed by atoms with Crippen LogP contribution in [0, 0.1) is 0 Å². The van der Waals surface area contributed by atoms with Crippen molar-refractivity contribution in [3.05, 3.63) is 0 Å². The molecule has 42 heavy (non-hydrogen) atoms. The van der Waals surface area contributed by atoms with Gasteiger partial charge in [-0.25, -0.2) is 14.4 Å². The van der Waals surface area contributed by atoms with Crippen LogP contribution in [0.2, 0.25) is 0 Å². The molecule has 0 aliphatic heterocycles. The van der Waals surface area contributed by atoms with Gasteiger partial charge in [0.15, 0.2) is 0 Å². The van der Waals surface area contributed by atoms with Crippen molar-refractivity contribution in [3.63, 3.8) is 0 Å². The number of carbonyl (C=O) groups is 5. The second kappa shape index (κ2) is 18.6. The van der Waals surface area contributed by atoms with E-state index in [2.05, 4.69) is 16.0 Å². The second-order valence-corrected chi connectivity index (χ2v) is 13.4. The average Bonchev–Trinajstić information content (AvgIpc) is 2.80. The van der Waals surface area contributed by atoms with E-state index >= 15 is 0 Å². The third-order valence-electron chi connectivity index (χ3n) is 5.40. The lowest BCUT2D eigenvalue weighted by molar-refractivity contribution is -0.159. The van der Waals surface area contributed by atoms with E-state index in [0.29, 0.717) is 32.4 Å². The van der Waals surface area contributed by atoms with Gasteiger partial charge in [-0.1, -0.05) is 6.42 Å². The summed E-state index contributed by atoms with van der Waals surface area (Å²) >= 11 is 0. The van der Waals surface area contributed by atoms with Crippen LogP contribution < -0.4 is 21.7 Å². The van der Waals surface area contributed by atoms with E-state index in [1.54, 1.807) is 62.3 Å². The van der Waals surface area contributed by atoms with Gasteiger partial charge in [-0.2, -0.15) is 0 Å². The van der Waals surface area contributed by atoms with Crippen LogP contribution in [0.5, 0.6) is 0 Å².